The highest BCUT2D eigenvalue weighted by atomic mass is 16.5. The number of benzene rings is 1. The summed E-state index contributed by atoms with van der Waals surface area (Å²) in [6, 6.07) is 9.65. The number of rotatable bonds is 6. The number of hydrogen-bond donors (Lipinski definition) is 1. The van der Waals surface area contributed by atoms with Crippen LogP contribution in [-0.4, -0.2) is 29.1 Å². The molecule has 0 amide bonds. The third-order valence-electron chi connectivity index (χ3n) is 3.95. The first-order valence-electron chi connectivity index (χ1n) is 7.04. The van der Waals surface area contributed by atoms with Crippen LogP contribution in [0.15, 0.2) is 30.3 Å². The maximum absolute atomic E-state index is 12.1. The smallest absolute Gasteiger partial charge is 0.312 e. The Morgan fingerprint density at radius 1 is 1.40 bits per heavy atom. The van der Waals surface area contributed by atoms with Crippen LogP contribution in [0.4, 0.5) is 0 Å². The number of carbonyl (C=O) groups is 2. The molecule has 0 saturated carbocycles. The molecule has 4 heteroatoms. The van der Waals surface area contributed by atoms with E-state index in [4.69, 9.17) is 4.74 Å². The summed E-state index contributed by atoms with van der Waals surface area (Å²) < 4.78 is 4.91. The number of aliphatic hydroxyl groups is 1. The van der Waals surface area contributed by atoms with Crippen LogP contribution >= 0.6 is 0 Å². The number of cyclic esters (lactones) is 1. The first-order chi connectivity index (χ1) is 9.58. The number of aryl methyl sites for hydroxylation is 1. The third-order valence-corrected chi connectivity index (χ3v) is 3.95. The average molecular weight is 276 g/mol. The number of hydrogen-bond acceptors (Lipinski definition) is 4. The minimum absolute atomic E-state index is 0.217. The number of esters is 1. The van der Waals surface area contributed by atoms with Gasteiger partial charge in [0.05, 0.1) is 12.5 Å². The fourth-order valence-corrected chi connectivity index (χ4v) is 2.72. The average Bonchev–Trinajstić information content (AvgIpc) is 2.91. The van der Waals surface area contributed by atoms with Crippen molar-refractivity contribution >= 4 is 11.8 Å². The Hall–Kier alpha value is -1.68. The Morgan fingerprint density at radius 2 is 2.10 bits per heavy atom. The highest BCUT2D eigenvalue weighted by Gasteiger charge is 2.49. The van der Waals surface area contributed by atoms with Crippen LogP contribution in [0.3, 0.4) is 0 Å². The molecular weight excluding hydrogens is 256 g/mol. The maximum Gasteiger partial charge on any atom is 0.312 e. The highest BCUT2D eigenvalue weighted by molar-refractivity contribution is 5.92. The molecule has 1 aliphatic heterocycles. The minimum Gasteiger partial charge on any atom is -0.465 e. The zero-order valence-electron chi connectivity index (χ0n) is 11.7. The Kier molecular flexibility index (Phi) is 4.55. The lowest BCUT2D eigenvalue weighted by molar-refractivity contribution is -0.157. The quantitative estimate of drug-likeness (QED) is 0.806. The molecule has 2 atom stereocenters. The van der Waals surface area contributed by atoms with Crippen LogP contribution in [0, 0.1) is 5.92 Å². The van der Waals surface area contributed by atoms with Crippen molar-refractivity contribution in [2.45, 2.75) is 38.2 Å². The molecule has 0 aromatic heterocycles. The highest BCUT2D eigenvalue weighted by Crippen LogP contribution is 2.33. The molecule has 1 aromatic carbocycles. The van der Waals surface area contributed by atoms with Crippen molar-refractivity contribution in [1.29, 1.82) is 0 Å². The summed E-state index contributed by atoms with van der Waals surface area (Å²) in [5, 5.41) is 10.8. The van der Waals surface area contributed by atoms with Gasteiger partial charge in [-0.15, -0.1) is 0 Å². The monoisotopic (exact) mass is 276 g/mol. The zero-order valence-corrected chi connectivity index (χ0v) is 11.7. The molecule has 1 N–H and O–H groups in total. The Bertz CT molecular complexity index is 483. The molecule has 1 aromatic rings. The summed E-state index contributed by atoms with van der Waals surface area (Å²) in [4.78, 5) is 23.8. The number of Topliss-reactive ketones (excluding diaryl/α,β-unsaturated/α-hetero) is 1. The molecule has 0 aliphatic carbocycles. The van der Waals surface area contributed by atoms with Gasteiger partial charge < -0.3 is 9.84 Å². The van der Waals surface area contributed by atoms with Crippen LogP contribution < -0.4 is 0 Å². The summed E-state index contributed by atoms with van der Waals surface area (Å²) >= 11 is 0. The van der Waals surface area contributed by atoms with Crippen molar-refractivity contribution < 1.29 is 19.4 Å². The van der Waals surface area contributed by atoms with Crippen LogP contribution in [0.1, 0.15) is 31.7 Å². The summed E-state index contributed by atoms with van der Waals surface area (Å²) in [6.07, 6.45) is 1.45. The number of ether oxygens (including phenoxy) is 1. The Balaban J connectivity index is 2.15. The van der Waals surface area contributed by atoms with E-state index >= 15 is 0 Å². The second-order valence-corrected chi connectivity index (χ2v) is 5.20. The topological polar surface area (TPSA) is 63.6 Å². The van der Waals surface area contributed by atoms with E-state index < -0.39 is 17.5 Å². The van der Waals surface area contributed by atoms with Gasteiger partial charge in [0, 0.05) is 6.42 Å². The van der Waals surface area contributed by atoms with Gasteiger partial charge >= 0.3 is 5.97 Å². The van der Waals surface area contributed by atoms with Crippen molar-refractivity contribution in [3.63, 3.8) is 0 Å². The molecule has 1 saturated heterocycles. The molecular formula is C16H20O4. The van der Waals surface area contributed by atoms with Crippen LogP contribution in [0.2, 0.25) is 0 Å². The van der Waals surface area contributed by atoms with Gasteiger partial charge in [-0.05, 0) is 24.8 Å². The van der Waals surface area contributed by atoms with Gasteiger partial charge in [0.15, 0.2) is 5.78 Å². The van der Waals surface area contributed by atoms with Gasteiger partial charge in [-0.1, -0.05) is 37.3 Å². The first kappa shape index (κ1) is 14.7. The maximum atomic E-state index is 12.1. The van der Waals surface area contributed by atoms with Crippen LogP contribution in [0.25, 0.3) is 0 Å². The first-order valence-corrected chi connectivity index (χ1v) is 7.04. The molecule has 1 aliphatic rings. The van der Waals surface area contributed by atoms with Gasteiger partial charge in [-0.2, -0.15) is 0 Å². The number of carbonyl (C=O) groups excluding carboxylic acids is 2. The van der Waals surface area contributed by atoms with Crippen molar-refractivity contribution in [2.24, 2.45) is 5.92 Å². The van der Waals surface area contributed by atoms with E-state index in [-0.39, 0.29) is 25.2 Å². The van der Waals surface area contributed by atoms with Crippen molar-refractivity contribution in [1.82, 2.24) is 0 Å². The fraction of sp³-hybridized carbons (Fsp3) is 0.500. The summed E-state index contributed by atoms with van der Waals surface area (Å²) in [5.41, 5.74) is -0.556. The Morgan fingerprint density at radius 3 is 2.65 bits per heavy atom. The van der Waals surface area contributed by atoms with E-state index in [1.165, 1.54) is 0 Å². The molecule has 20 heavy (non-hydrogen) atoms. The number of ketones is 1. The Labute approximate surface area is 118 Å². The van der Waals surface area contributed by atoms with E-state index in [0.717, 1.165) is 5.56 Å². The standard InChI is InChI=1S/C16H20O4/c1-2-14(17)16(19,13-9-11-20-15(13)18)10-8-12-6-4-3-5-7-12/h3-7,13,19H,2,8-11H2,1H3. The molecule has 108 valence electrons. The lowest BCUT2D eigenvalue weighted by Gasteiger charge is -2.30. The molecule has 0 spiro atoms. The van der Waals surface area contributed by atoms with E-state index in [0.29, 0.717) is 12.8 Å². The summed E-state index contributed by atoms with van der Waals surface area (Å²) in [5.74, 6) is -1.46. The zero-order chi connectivity index (χ0) is 14.6. The SMILES string of the molecule is CCC(=O)C(O)(CCc1ccccc1)C1CCOC1=O. The van der Waals surface area contributed by atoms with Crippen molar-refractivity contribution in [3.05, 3.63) is 35.9 Å². The van der Waals surface area contributed by atoms with Gasteiger partial charge in [-0.3, -0.25) is 9.59 Å². The second-order valence-electron chi connectivity index (χ2n) is 5.20. The fourth-order valence-electron chi connectivity index (χ4n) is 2.72. The predicted molar refractivity (Wildman–Crippen MR) is 74.1 cm³/mol. The van der Waals surface area contributed by atoms with Gasteiger partial charge in [-0.25, -0.2) is 0 Å². The predicted octanol–water partition coefficient (Wildman–Crippen LogP) is 1.89. The molecule has 4 nitrogen and oxygen atoms in total. The molecule has 1 fully saturated rings. The molecule has 1 heterocycles. The van der Waals surface area contributed by atoms with Crippen LogP contribution in [-0.2, 0) is 20.7 Å². The van der Waals surface area contributed by atoms with Gasteiger partial charge in [0.1, 0.15) is 5.60 Å². The normalized spacial score (nSPS) is 21.3. The lowest BCUT2D eigenvalue weighted by Crippen LogP contribution is -2.48. The molecule has 0 radical (unpaired) electrons. The summed E-state index contributed by atoms with van der Waals surface area (Å²) in [7, 11) is 0. The van der Waals surface area contributed by atoms with Crippen molar-refractivity contribution in [2.75, 3.05) is 6.61 Å². The van der Waals surface area contributed by atoms with Crippen LogP contribution in [0.5, 0.6) is 0 Å². The van der Waals surface area contributed by atoms with E-state index in [1.54, 1.807) is 6.92 Å². The summed E-state index contributed by atoms with van der Waals surface area (Å²) in [6.45, 7) is 1.99. The molecule has 2 unspecified atom stereocenters. The third kappa shape index (κ3) is 2.90. The van der Waals surface area contributed by atoms with Gasteiger partial charge in [0.25, 0.3) is 0 Å². The molecule has 2 rings (SSSR count). The van der Waals surface area contributed by atoms with E-state index in [9.17, 15) is 14.7 Å². The minimum atomic E-state index is -1.60. The largest absolute Gasteiger partial charge is 0.465 e. The van der Waals surface area contributed by atoms with Gasteiger partial charge in [0.2, 0.25) is 0 Å². The van der Waals surface area contributed by atoms with E-state index in [2.05, 4.69) is 0 Å². The second kappa shape index (κ2) is 6.18. The van der Waals surface area contributed by atoms with Crippen molar-refractivity contribution in [3.8, 4) is 0 Å². The van der Waals surface area contributed by atoms with E-state index in [1.807, 2.05) is 30.3 Å². The molecule has 0 bridgehead atoms. The lowest BCUT2D eigenvalue weighted by atomic mass is 9.77.